The molecule has 35 heavy (non-hydrogen) atoms. The van der Waals surface area contributed by atoms with Crippen LogP contribution in [0.15, 0.2) is 40.2 Å². The number of methoxy groups -OCH3 is 3. The number of rotatable bonds is 8. The predicted octanol–water partition coefficient (Wildman–Crippen LogP) is 6.43. The second kappa shape index (κ2) is 11.3. The minimum Gasteiger partial charge on any atom is -0.493 e. The summed E-state index contributed by atoms with van der Waals surface area (Å²) in [6, 6.07) is 10.1. The Morgan fingerprint density at radius 1 is 1.00 bits per heavy atom. The zero-order valence-corrected chi connectivity index (χ0v) is 22.4. The first kappa shape index (κ1) is 25.3. The van der Waals surface area contributed by atoms with Crippen LogP contribution in [0.5, 0.6) is 11.5 Å². The van der Waals surface area contributed by atoms with Crippen LogP contribution in [-0.2, 0) is 28.8 Å². The second-order valence-corrected chi connectivity index (χ2v) is 10.1. The number of fused-ring (bicyclic) bond motifs is 1. The maximum Gasteiger partial charge on any atom is 0.341 e. The molecule has 0 saturated carbocycles. The number of carbonyl (C=O) groups is 2. The van der Waals surface area contributed by atoms with E-state index >= 15 is 0 Å². The maximum absolute atomic E-state index is 12.8. The Balaban J connectivity index is 1.53. The first-order valence-electron chi connectivity index (χ1n) is 11.5. The van der Waals surface area contributed by atoms with Crippen LogP contribution in [-0.4, -0.2) is 33.2 Å². The van der Waals surface area contributed by atoms with Gasteiger partial charge in [-0.2, -0.15) is 0 Å². The Bertz CT molecular complexity index is 1250. The van der Waals surface area contributed by atoms with Gasteiger partial charge in [-0.15, -0.1) is 11.3 Å². The Morgan fingerprint density at radius 3 is 2.43 bits per heavy atom. The summed E-state index contributed by atoms with van der Waals surface area (Å²) in [5.74, 6) is 0.572. The van der Waals surface area contributed by atoms with Crippen LogP contribution in [0, 0.1) is 0 Å². The number of anilines is 1. The molecule has 0 bridgehead atoms. The van der Waals surface area contributed by atoms with Crippen LogP contribution in [0.2, 0.25) is 0 Å². The highest BCUT2D eigenvalue weighted by atomic mass is 79.9. The molecule has 0 unspecified atom stereocenters. The molecule has 0 aliphatic heterocycles. The van der Waals surface area contributed by atoms with Gasteiger partial charge in [0.15, 0.2) is 11.5 Å². The number of thiophene rings is 1. The van der Waals surface area contributed by atoms with Crippen molar-refractivity contribution in [2.45, 2.75) is 38.5 Å². The van der Waals surface area contributed by atoms with Crippen molar-refractivity contribution >= 4 is 44.1 Å². The van der Waals surface area contributed by atoms with Gasteiger partial charge in [0.2, 0.25) is 5.91 Å². The third kappa shape index (κ3) is 5.54. The Kier molecular flexibility index (Phi) is 8.13. The summed E-state index contributed by atoms with van der Waals surface area (Å²) in [7, 11) is 4.51. The molecule has 0 fully saturated rings. The van der Waals surface area contributed by atoms with E-state index in [2.05, 4.69) is 39.4 Å². The van der Waals surface area contributed by atoms with E-state index in [0.717, 1.165) is 34.0 Å². The van der Waals surface area contributed by atoms with E-state index in [1.165, 1.54) is 42.4 Å². The van der Waals surface area contributed by atoms with Crippen molar-refractivity contribution in [3.05, 3.63) is 62.4 Å². The van der Waals surface area contributed by atoms with Crippen LogP contribution in [0.1, 0.15) is 46.3 Å². The molecule has 0 spiro atoms. The molecular formula is C27H28BrNO5S. The first-order chi connectivity index (χ1) is 16.9. The molecular weight excluding hydrogens is 530 g/mol. The molecule has 1 N–H and O–H groups in total. The van der Waals surface area contributed by atoms with E-state index in [4.69, 9.17) is 14.2 Å². The molecule has 4 rings (SSSR count). The number of hydrogen-bond acceptors (Lipinski definition) is 6. The van der Waals surface area contributed by atoms with Crippen LogP contribution >= 0.6 is 27.3 Å². The average molecular weight is 558 g/mol. The molecule has 3 aromatic rings. The molecule has 1 amide bonds. The van der Waals surface area contributed by atoms with Gasteiger partial charge in [-0.3, -0.25) is 4.79 Å². The van der Waals surface area contributed by atoms with E-state index in [1.807, 2.05) is 17.5 Å². The van der Waals surface area contributed by atoms with E-state index in [-0.39, 0.29) is 12.3 Å². The molecule has 2 aromatic carbocycles. The number of amides is 1. The highest BCUT2D eigenvalue weighted by molar-refractivity contribution is 9.10. The number of carbonyl (C=O) groups excluding carboxylic acids is 2. The summed E-state index contributed by atoms with van der Waals surface area (Å²) in [4.78, 5) is 25.6. The molecule has 1 aromatic heterocycles. The Labute approximate surface area is 217 Å². The maximum atomic E-state index is 12.8. The van der Waals surface area contributed by atoms with E-state index in [0.29, 0.717) is 28.5 Å². The van der Waals surface area contributed by atoms with Gasteiger partial charge in [0.05, 0.1) is 21.3 Å². The summed E-state index contributed by atoms with van der Waals surface area (Å²) >= 11 is 4.87. The van der Waals surface area contributed by atoms with Crippen molar-refractivity contribution in [3.8, 4) is 22.6 Å². The third-order valence-electron chi connectivity index (χ3n) is 6.27. The van der Waals surface area contributed by atoms with E-state index in [9.17, 15) is 9.59 Å². The van der Waals surface area contributed by atoms with E-state index in [1.54, 1.807) is 14.2 Å². The van der Waals surface area contributed by atoms with Crippen LogP contribution < -0.4 is 14.8 Å². The second-order valence-electron chi connectivity index (χ2n) is 8.38. The number of halogens is 1. The quantitative estimate of drug-likeness (QED) is 0.323. The summed E-state index contributed by atoms with van der Waals surface area (Å²) < 4.78 is 16.6. The topological polar surface area (TPSA) is 73.9 Å². The van der Waals surface area contributed by atoms with Crippen LogP contribution in [0.4, 0.5) is 5.00 Å². The lowest BCUT2D eigenvalue weighted by Gasteiger charge is -2.16. The molecule has 1 aliphatic rings. The van der Waals surface area contributed by atoms with Gasteiger partial charge in [-0.1, -0.05) is 34.1 Å². The predicted molar refractivity (Wildman–Crippen MR) is 142 cm³/mol. The monoisotopic (exact) mass is 557 g/mol. The average Bonchev–Trinajstić information content (AvgIpc) is 3.30. The smallest absolute Gasteiger partial charge is 0.341 e. The molecule has 0 atom stereocenters. The summed E-state index contributed by atoms with van der Waals surface area (Å²) in [6.07, 6.45) is 5.27. The fraction of sp³-hybridized carbons (Fsp3) is 0.333. The highest BCUT2D eigenvalue weighted by Gasteiger charge is 2.23. The summed E-state index contributed by atoms with van der Waals surface area (Å²) in [6.45, 7) is 0. The third-order valence-corrected chi connectivity index (χ3v) is 7.90. The molecule has 1 heterocycles. The van der Waals surface area contributed by atoms with Crippen molar-refractivity contribution < 1.29 is 23.8 Å². The van der Waals surface area contributed by atoms with Gasteiger partial charge in [0.25, 0.3) is 0 Å². The number of esters is 1. The largest absolute Gasteiger partial charge is 0.493 e. The number of ether oxygens (including phenoxy) is 3. The molecule has 0 saturated heterocycles. The van der Waals surface area contributed by atoms with Gasteiger partial charge >= 0.3 is 5.97 Å². The SMILES string of the molecule is COC(=O)c1c(-c2ccc3c(c2)CCCC3)csc1NC(=O)CCc1cc(OC)c(OC)cc1Br. The van der Waals surface area contributed by atoms with Crippen molar-refractivity contribution in [1.82, 2.24) is 0 Å². The lowest BCUT2D eigenvalue weighted by molar-refractivity contribution is -0.116. The standard InChI is InChI=1S/C27H28BrNO5S/c1-32-22-13-19(21(28)14-23(22)33-2)10-11-24(30)29-26-25(27(31)34-3)20(15-35-26)18-9-8-16-6-4-5-7-17(16)12-18/h8-9,12-15H,4-7,10-11H2,1-3H3,(H,29,30). The molecule has 1 aliphatic carbocycles. The fourth-order valence-electron chi connectivity index (χ4n) is 4.39. The number of benzene rings is 2. The molecule has 0 radical (unpaired) electrons. The van der Waals surface area contributed by atoms with Crippen LogP contribution in [0.3, 0.4) is 0 Å². The van der Waals surface area contributed by atoms with Crippen molar-refractivity contribution in [2.75, 3.05) is 26.6 Å². The molecule has 6 nitrogen and oxygen atoms in total. The van der Waals surface area contributed by atoms with Crippen molar-refractivity contribution in [2.24, 2.45) is 0 Å². The lowest BCUT2D eigenvalue weighted by Crippen LogP contribution is -2.14. The zero-order valence-electron chi connectivity index (χ0n) is 20.0. The number of aryl methyl sites for hydroxylation is 3. The molecule has 8 heteroatoms. The van der Waals surface area contributed by atoms with Gasteiger partial charge in [-0.25, -0.2) is 4.79 Å². The normalized spacial score (nSPS) is 12.6. The minimum absolute atomic E-state index is 0.185. The van der Waals surface area contributed by atoms with Crippen molar-refractivity contribution in [3.63, 3.8) is 0 Å². The van der Waals surface area contributed by atoms with Gasteiger partial charge in [0.1, 0.15) is 10.6 Å². The Morgan fingerprint density at radius 2 is 1.71 bits per heavy atom. The highest BCUT2D eigenvalue weighted by Crippen LogP contribution is 2.38. The Hall–Kier alpha value is -2.84. The van der Waals surface area contributed by atoms with Gasteiger partial charge in [-0.05, 0) is 66.5 Å². The first-order valence-corrected chi connectivity index (χ1v) is 13.1. The zero-order chi connectivity index (χ0) is 24.9. The van der Waals surface area contributed by atoms with E-state index < -0.39 is 5.97 Å². The number of nitrogens with one attached hydrogen (secondary N) is 1. The van der Waals surface area contributed by atoms with Crippen LogP contribution in [0.25, 0.3) is 11.1 Å². The van der Waals surface area contributed by atoms with Gasteiger partial charge in [0, 0.05) is 21.8 Å². The fourth-order valence-corrected chi connectivity index (χ4v) is 5.89. The molecule has 184 valence electrons. The summed E-state index contributed by atoms with van der Waals surface area (Å²) in [5, 5.41) is 5.34. The summed E-state index contributed by atoms with van der Waals surface area (Å²) in [5.41, 5.74) is 5.79. The van der Waals surface area contributed by atoms with Crippen molar-refractivity contribution in [1.29, 1.82) is 0 Å². The lowest BCUT2D eigenvalue weighted by atomic mass is 9.89. The number of hydrogen-bond donors (Lipinski definition) is 1. The van der Waals surface area contributed by atoms with Gasteiger partial charge < -0.3 is 19.5 Å². The minimum atomic E-state index is -0.461.